The number of rotatable bonds is 9. The fourth-order valence-electron chi connectivity index (χ4n) is 2.13. The van der Waals surface area contributed by atoms with Gasteiger partial charge in [0.15, 0.2) is 0 Å². The monoisotopic (exact) mass is 279 g/mol. The number of benzene rings is 1. The van der Waals surface area contributed by atoms with E-state index in [1.807, 2.05) is 19.1 Å². The van der Waals surface area contributed by atoms with Crippen LogP contribution in [0.25, 0.3) is 0 Å². The van der Waals surface area contributed by atoms with Gasteiger partial charge in [-0.1, -0.05) is 32.9 Å². The molecular formula is C17H29NO2. The summed E-state index contributed by atoms with van der Waals surface area (Å²) in [6.45, 7) is 9.12. The molecule has 0 fully saturated rings. The van der Waals surface area contributed by atoms with Gasteiger partial charge in [-0.25, -0.2) is 0 Å². The van der Waals surface area contributed by atoms with Crippen molar-refractivity contribution in [2.24, 2.45) is 5.92 Å². The van der Waals surface area contributed by atoms with E-state index in [9.17, 15) is 5.11 Å². The van der Waals surface area contributed by atoms with Gasteiger partial charge in [0, 0.05) is 13.1 Å². The highest BCUT2D eigenvalue weighted by Crippen LogP contribution is 2.15. The van der Waals surface area contributed by atoms with Gasteiger partial charge in [0.1, 0.15) is 5.75 Å². The second kappa shape index (κ2) is 8.98. The minimum absolute atomic E-state index is 0.243. The van der Waals surface area contributed by atoms with Crippen molar-refractivity contribution in [2.75, 3.05) is 20.2 Å². The van der Waals surface area contributed by atoms with Crippen molar-refractivity contribution in [2.45, 2.75) is 46.3 Å². The zero-order valence-electron chi connectivity index (χ0n) is 13.3. The van der Waals surface area contributed by atoms with Gasteiger partial charge in [-0.05, 0) is 43.0 Å². The Kier molecular flexibility index (Phi) is 7.63. The van der Waals surface area contributed by atoms with E-state index >= 15 is 0 Å². The smallest absolute Gasteiger partial charge is 0.119 e. The Hall–Kier alpha value is -1.06. The van der Waals surface area contributed by atoms with E-state index in [0.29, 0.717) is 5.92 Å². The van der Waals surface area contributed by atoms with Crippen molar-refractivity contribution in [3.05, 3.63) is 29.8 Å². The van der Waals surface area contributed by atoms with E-state index in [0.717, 1.165) is 38.2 Å². The van der Waals surface area contributed by atoms with E-state index in [1.54, 1.807) is 7.11 Å². The van der Waals surface area contributed by atoms with Crippen molar-refractivity contribution in [1.29, 1.82) is 0 Å². The normalized spacial score (nSPS) is 12.9. The van der Waals surface area contributed by atoms with Crippen molar-refractivity contribution < 1.29 is 9.84 Å². The van der Waals surface area contributed by atoms with Gasteiger partial charge in [0.25, 0.3) is 0 Å². The lowest BCUT2D eigenvalue weighted by Gasteiger charge is -2.25. The molecule has 3 nitrogen and oxygen atoms in total. The predicted molar refractivity (Wildman–Crippen MR) is 84.0 cm³/mol. The molecular weight excluding hydrogens is 250 g/mol. The van der Waals surface area contributed by atoms with Crippen LogP contribution in [-0.4, -0.2) is 36.3 Å². The van der Waals surface area contributed by atoms with Crippen LogP contribution in [0.2, 0.25) is 0 Å². The average molecular weight is 279 g/mol. The summed E-state index contributed by atoms with van der Waals surface area (Å²) in [5, 5.41) is 9.91. The van der Waals surface area contributed by atoms with Crippen LogP contribution in [0.3, 0.4) is 0 Å². The molecule has 1 atom stereocenters. The number of nitrogens with zero attached hydrogens (tertiary/aromatic N) is 1. The highest BCUT2D eigenvalue weighted by atomic mass is 16.5. The first kappa shape index (κ1) is 17.0. The second-order valence-corrected chi connectivity index (χ2v) is 5.83. The maximum atomic E-state index is 9.91. The summed E-state index contributed by atoms with van der Waals surface area (Å²) in [5.41, 5.74) is 1.23. The molecule has 0 radical (unpaired) electrons. The Bertz CT molecular complexity index is 379. The van der Waals surface area contributed by atoms with Crippen molar-refractivity contribution in [3.63, 3.8) is 0 Å². The molecule has 1 N–H and O–H groups in total. The number of ether oxygens (including phenoxy) is 1. The lowest BCUT2D eigenvalue weighted by Crippen LogP contribution is -2.33. The van der Waals surface area contributed by atoms with Crippen LogP contribution in [0.5, 0.6) is 5.75 Å². The highest BCUT2D eigenvalue weighted by molar-refractivity contribution is 5.28. The molecule has 114 valence electrons. The molecule has 1 aromatic rings. The summed E-state index contributed by atoms with van der Waals surface area (Å²) in [7, 11) is 1.69. The van der Waals surface area contributed by atoms with E-state index in [-0.39, 0.29) is 6.10 Å². The van der Waals surface area contributed by atoms with Crippen LogP contribution in [0.15, 0.2) is 24.3 Å². The molecule has 0 aliphatic rings. The molecule has 0 spiro atoms. The van der Waals surface area contributed by atoms with Gasteiger partial charge in [0.2, 0.25) is 0 Å². The van der Waals surface area contributed by atoms with Crippen LogP contribution in [0.1, 0.15) is 39.2 Å². The molecule has 0 heterocycles. The Labute approximate surface area is 123 Å². The third-order valence-corrected chi connectivity index (χ3v) is 3.50. The molecule has 0 unspecified atom stereocenters. The molecule has 0 saturated heterocycles. The third-order valence-electron chi connectivity index (χ3n) is 3.50. The van der Waals surface area contributed by atoms with Crippen LogP contribution in [-0.2, 0) is 6.54 Å². The summed E-state index contributed by atoms with van der Waals surface area (Å²) < 4.78 is 5.27. The molecule has 1 rings (SSSR count). The molecule has 0 aliphatic heterocycles. The number of aliphatic hydroxyl groups is 1. The fraction of sp³-hybridized carbons (Fsp3) is 0.647. The fourth-order valence-corrected chi connectivity index (χ4v) is 2.13. The van der Waals surface area contributed by atoms with Crippen molar-refractivity contribution in [3.8, 4) is 5.75 Å². The zero-order valence-corrected chi connectivity index (χ0v) is 13.3. The van der Waals surface area contributed by atoms with Gasteiger partial charge < -0.3 is 9.84 Å². The Morgan fingerprint density at radius 3 is 2.65 bits per heavy atom. The minimum Gasteiger partial charge on any atom is -0.497 e. The van der Waals surface area contributed by atoms with Crippen LogP contribution < -0.4 is 4.74 Å². The summed E-state index contributed by atoms with van der Waals surface area (Å²) >= 11 is 0. The topological polar surface area (TPSA) is 32.7 Å². The Morgan fingerprint density at radius 1 is 1.30 bits per heavy atom. The SMILES string of the molecule is CC[C@@H](O)CN(CCC(C)C)Cc1cccc(OC)c1. The second-order valence-electron chi connectivity index (χ2n) is 5.83. The molecule has 1 aromatic carbocycles. The third kappa shape index (κ3) is 6.40. The van der Waals surface area contributed by atoms with E-state index in [1.165, 1.54) is 5.56 Å². The van der Waals surface area contributed by atoms with Gasteiger partial charge >= 0.3 is 0 Å². The van der Waals surface area contributed by atoms with E-state index in [2.05, 4.69) is 30.9 Å². The number of hydrogen-bond acceptors (Lipinski definition) is 3. The maximum absolute atomic E-state index is 9.91. The van der Waals surface area contributed by atoms with E-state index < -0.39 is 0 Å². The average Bonchev–Trinajstić information content (AvgIpc) is 2.44. The van der Waals surface area contributed by atoms with Gasteiger partial charge in [0.05, 0.1) is 13.2 Å². The van der Waals surface area contributed by atoms with Crippen LogP contribution in [0.4, 0.5) is 0 Å². The van der Waals surface area contributed by atoms with Crippen LogP contribution >= 0.6 is 0 Å². The van der Waals surface area contributed by atoms with Crippen molar-refractivity contribution >= 4 is 0 Å². The largest absolute Gasteiger partial charge is 0.497 e. The summed E-state index contributed by atoms with van der Waals surface area (Å²) in [6.07, 6.45) is 1.71. The first-order valence-corrected chi connectivity index (χ1v) is 7.58. The summed E-state index contributed by atoms with van der Waals surface area (Å²) in [6, 6.07) is 8.16. The first-order chi connectivity index (χ1) is 9.55. The number of hydrogen-bond donors (Lipinski definition) is 1. The molecule has 3 heteroatoms. The lowest BCUT2D eigenvalue weighted by molar-refractivity contribution is 0.102. The minimum atomic E-state index is -0.243. The molecule has 0 amide bonds. The van der Waals surface area contributed by atoms with Gasteiger partial charge in [-0.15, -0.1) is 0 Å². The zero-order chi connectivity index (χ0) is 15.0. The lowest BCUT2D eigenvalue weighted by atomic mass is 10.1. The molecule has 0 aromatic heterocycles. The number of aliphatic hydroxyl groups excluding tert-OH is 1. The van der Waals surface area contributed by atoms with Crippen molar-refractivity contribution in [1.82, 2.24) is 4.90 Å². The summed E-state index contributed by atoms with van der Waals surface area (Å²) in [4.78, 5) is 2.34. The Morgan fingerprint density at radius 2 is 2.05 bits per heavy atom. The molecule has 0 aliphatic carbocycles. The quantitative estimate of drug-likeness (QED) is 0.752. The molecule has 0 saturated carbocycles. The van der Waals surface area contributed by atoms with Gasteiger partial charge in [-0.2, -0.15) is 0 Å². The predicted octanol–water partition coefficient (Wildman–Crippen LogP) is 3.31. The summed E-state index contributed by atoms with van der Waals surface area (Å²) in [5.74, 6) is 1.57. The Balaban J connectivity index is 2.65. The maximum Gasteiger partial charge on any atom is 0.119 e. The first-order valence-electron chi connectivity index (χ1n) is 7.58. The number of methoxy groups -OCH3 is 1. The van der Waals surface area contributed by atoms with Crippen LogP contribution in [0, 0.1) is 5.92 Å². The van der Waals surface area contributed by atoms with Gasteiger partial charge in [-0.3, -0.25) is 4.90 Å². The highest BCUT2D eigenvalue weighted by Gasteiger charge is 2.12. The molecule has 0 bridgehead atoms. The van der Waals surface area contributed by atoms with E-state index in [4.69, 9.17) is 4.74 Å². The molecule has 20 heavy (non-hydrogen) atoms. The standard InChI is InChI=1S/C17H29NO2/c1-5-16(19)13-18(10-9-14(2)3)12-15-7-6-8-17(11-15)20-4/h6-8,11,14,16,19H,5,9-10,12-13H2,1-4H3/t16-/m1/s1.